The molecule has 1 aromatic rings. The molecule has 0 saturated heterocycles. The van der Waals surface area contributed by atoms with Crippen LogP contribution in [0.5, 0.6) is 5.75 Å². The van der Waals surface area contributed by atoms with Gasteiger partial charge in [-0.3, -0.25) is 0 Å². The molecule has 1 atom stereocenters. The predicted molar refractivity (Wildman–Crippen MR) is 73.9 cm³/mol. The Balaban J connectivity index is 2.76. The molecule has 0 aromatic heterocycles. The van der Waals surface area contributed by atoms with Crippen LogP contribution in [0.2, 0.25) is 0 Å². The molecule has 0 amide bonds. The predicted octanol–water partition coefficient (Wildman–Crippen LogP) is 4.03. The van der Waals surface area contributed by atoms with Gasteiger partial charge in [0.1, 0.15) is 5.75 Å². The molecule has 0 radical (unpaired) electrons. The minimum Gasteiger partial charge on any atom is -0.496 e. The van der Waals surface area contributed by atoms with Crippen molar-refractivity contribution < 1.29 is 9.84 Å². The van der Waals surface area contributed by atoms with E-state index in [9.17, 15) is 5.11 Å². The van der Waals surface area contributed by atoms with E-state index in [-0.39, 0.29) is 0 Å². The summed E-state index contributed by atoms with van der Waals surface area (Å²) in [5, 5.41) is 9.83. The summed E-state index contributed by atoms with van der Waals surface area (Å²) in [7, 11) is 1.65. The lowest BCUT2D eigenvalue weighted by Gasteiger charge is -2.15. The lowest BCUT2D eigenvalue weighted by molar-refractivity contribution is 0.191. The van der Waals surface area contributed by atoms with Crippen LogP contribution in [0.1, 0.15) is 44.8 Å². The Hall–Kier alpha value is -0.670. The average Bonchev–Trinajstić information content (AvgIpc) is 2.33. The van der Waals surface area contributed by atoms with Crippen LogP contribution in [0.15, 0.2) is 23.1 Å². The maximum absolute atomic E-state index is 9.83. The zero-order valence-electron chi connectivity index (χ0n) is 10.9. The van der Waals surface area contributed by atoms with Gasteiger partial charge >= 0.3 is 0 Å². The van der Waals surface area contributed by atoms with E-state index >= 15 is 0 Å². The molecule has 96 valence electrons. The second-order valence-corrected chi connectivity index (χ2v) is 5.24. The van der Waals surface area contributed by atoms with Crippen molar-refractivity contribution in [1.29, 1.82) is 0 Å². The number of ether oxygens (including phenoxy) is 1. The van der Waals surface area contributed by atoms with Crippen LogP contribution in [0.25, 0.3) is 0 Å². The molecule has 17 heavy (non-hydrogen) atoms. The molecule has 1 aromatic carbocycles. The van der Waals surface area contributed by atoms with E-state index in [1.165, 1.54) is 19.3 Å². The normalized spacial score (nSPS) is 12.5. The number of unbranched alkanes of at least 4 members (excludes halogenated alkanes) is 2. The number of methoxy groups -OCH3 is 1. The van der Waals surface area contributed by atoms with Crippen LogP contribution in [0.4, 0.5) is 0 Å². The minimum atomic E-state index is -0.486. The molecule has 1 rings (SSSR count). The number of benzene rings is 1. The van der Waals surface area contributed by atoms with E-state index in [0.29, 0.717) is 0 Å². The van der Waals surface area contributed by atoms with Crippen molar-refractivity contribution in [2.75, 3.05) is 12.9 Å². The van der Waals surface area contributed by atoms with Crippen molar-refractivity contribution >= 4 is 11.8 Å². The SMILES string of the molecule is CCCCCSc1cccc(OC)c1C(C)O. The van der Waals surface area contributed by atoms with Gasteiger partial charge in [-0.2, -0.15) is 0 Å². The molecule has 0 saturated carbocycles. The van der Waals surface area contributed by atoms with Crippen molar-refractivity contribution in [1.82, 2.24) is 0 Å². The topological polar surface area (TPSA) is 29.5 Å². The Labute approximate surface area is 108 Å². The van der Waals surface area contributed by atoms with Crippen LogP contribution in [-0.2, 0) is 0 Å². The van der Waals surface area contributed by atoms with Gasteiger partial charge in [-0.25, -0.2) is 0 Å². The third-order valence-electron chi connectivity index (χ3n) is 2.67. The molecule has 2 nitrogen and oxygen atoms in total. The number of aliphatic hydroxyl groups excluding tert-OH is 1. The Bertz CT molecular complexity index is 337. The molecule has 3 heteroatoms. The summed E-state index contributed by atoms with van der Waals surface area (Å²) in [6, 6.07) is 5.94. The highest BCUT2D eigenvalue weighted by atomic mass is 32.2. The van der Waals surface area contributed by atoms with Crippen molar-refractivity contribution in [2.45, 2.75) is 44.1 Å². The van der Waals surface area contributed by atoms with Gasteiger partial charge in [-0.05, 0) is 31.2 Å². The third kappa shape index (κ3) is 4.25. The lowest BCUT2D eigenvalue weighted by Crippen LogP contribution is -1.99. The number of hydrogen-bond acceptors (Lipinski definition) is 3. The van der Waals surface area contributed by atoms with Crippen molar-refractivity contribution in [3.05, 3.63) is 23.8 Å². The summed E-state index contributed by atoms with van der Waals surface area (Å²) in [5.74, 6) is 1.88. The van der Waals surface area contributed by atoms with E-state index in [0.717, 1.165) is 22.0 Å². The van der Waals surface area contributed by atoms with E-state index in [4.69, 9.17) is 4.74 Å². The standard InChI is InChI=1S/C14H22O2S/c1-4-5-6-10-17-13-9-7-8-12(16-3)14(13)11(2)15/h7-9,11,15H,4-6,10H2,1-3H3. The van der Waals surface area contributed by atoms with Gasteiger partial charge in [0.15, 0.2) is 0 Å². The largest absolute Gasteiger partial charge is 0.496 e. The van der Waals surface area contributed by atoms with Crippen molar-refractivity contribution in [3.63, 3.8) is 0 Å². The fourth-order valence-corrected chi connectivity index (χ4v) is 2.94. The van der Waals surface area contributed by atoms with Gasteiger partial charge in [0, 0.05) is 10.5 Å². The first-order chi connectivity index (χ1) is 8.20. The summed E-state index contributed by atoms with van der Waals surface area (Å²) >= 11 is 1.80. The first kappa shape index (κ1) is 14.4. The Morgan fingerprint density at radius 1 is 1.35 bits per heavy atom. The van der Waals surface area contributed by atoms with Crippen molar-refractivity contribution in [3.8, 4) is 5.75 Å². The zero-order valence-corrected chi connectivity index (χ0v) is 11.7. The van der Waals surface area contributed by atoms with E-state index in [2.05, 4.69) is 13.0 Å². The highest BCUT2D eigenvalue weighted by molar-refractivity contribution is 7.99. The summed E-state index contributed by atoms with van der Waals surface area (Å²) < 4.78 is 5.30. The first-order valence-corrected chi connectivity index (χ1v) is 7.17. The van der Waals surface area contributed by atoms with Gasteiger partial charge in [-0.15, -0.1) is 11.8 Å². The van der Waals surface area contributed by atoms with Gasteiger partial charge in [0.25, 0.3) is 0 Å². The molecule has 0 aliphatic heterocycles. The van der Waals surface area contributed by atoms with Gasteiger partial charge in [0.2, 0.25) is 0 Å². The third-order valence-corrected chi connectivity index (χ3v) is 3.83. The quantitative estimate of drug-likeness (QED) is 0.588. The van der Waals surface area contributed by atoms with Crippen LogP contribution in [0.3, 0.4) is 0 Å². The maximum atomic E-state index is 9.83. The number of aliphatic hydroxyl groups is 1. The van der Waals surface area contributed by atoms with Gasteiger partial charge in [-0.1, -0.05) is 25.8 Å². The first-order valence-electron chi connectivity index (χ1n) is 6.18. The summed E-state index contributed by atoms with van der Waals surface area (Å²) in [6.07, 6.45) is 3.24. The smallest absolute Gasteiger partial charge is 0.125 e. The number of hydrogen-bond donors (Lipinski definition) is 1. The number of thioether (sulfide) groups is 1. The average molecular weight is 254 g/mol. The van der Waals surface area contributed by atoms with Gasteiger partial charge in [0.05, 0.1) is 13.2 Å². The summed E-state index contributed by atoms with van der Waals surface area (Å²) in [5.41, 5.74) is 0.913. The molecule has 0 bridgehead atoms. The van der Waals surface area contributed by atoms with Gasteiger partial charge < -0.3 is 9.84 Å². The second kappa shape index (κ2) is 7.62. The fourth-order valence-electron chi connectivity index (χ4n) is 1.77. The molecular formula is C14H22O2S. The van der Waals surface area contributed by atoms with E-state index in [1.807, 2.05) is 12.1 Å². The van der Waals surface area contributed by atoms with Crippen LogP contribution < -0.4 is 4.74 Å². The molecule has 0 spiro atoms. The Kier molecular flexibility index (Phi) is 6.45. The second-order valence-electron chi connectivity index (χ2n) is 4.10. The maximum Gasteiger partial charge on any atom is 0.125 e. The van der Waals surface area contributed by atoms with Crippen LogP contribution in [0, 0.1) is 0 Å². The molecule has 1 unspecified atom stereocenters. The molecule has 0 fully saturated rings. The highest BCUT2D eigenvalue weighted by Gasteiger charge is 2.13. The van der Waals surface area contributed by atoms with Crippen molar-refractivity contribution in [2.24, 2.45) is 0 Å². The molecule has 0 aliphatic rings. The molecular weight excluding hydrogens is 232 g/mol. The monoisotopic (exact) mass is 254 g/mol. The summed E-state index contributed by atoms with van der Waals surface area (Å²) in [4.78, 5) is 1.13. The fraction of sp³-hybridized carbons (Fsp3) is 0.571. The number of rotatable bonds is 7. The zero-order chi connectivity index (χ0) is 12.7. The lowest BCUT2D eigenvalue weighted by atomic mass is 10.1. The Morgan fingerprint density at radius 2 is 2.12 bits per heavy atom. The van der Waals surface area contributed by atoms with E-state index in [1.54, 1.807) is 25.8 Å². The molecule has 1 N–H and O–H groups in total. The summed E-state index contributed by atoms with van der Waals surface area (Å²) in [6.45, 7) is 3.99. The molecule has 0 heterocycles. The van der Waals surface area contributed by atoms with Crippen LogP contribution in [-0.4, -0.2) is 18.0 Å². The Morgan fingerprint density at radius 3 is 2.71 bits per heavy atom. The molecule has 0 aliphatic carbocycles. The van der Waals surface area contributed by atoms with Crippen LogP contribution >= 0.6 is 11.8 Å². The minimum absolute atomic E-state index is 0.486. The van der Waals surface area contributed by atoms with E-state index < -0.39 is 6.10 Å². The highest BCUT2D eigenvalue weighted by Crippen LogP contribution is 2.35.